The van der Waals surface area contributed by atoms with E-state index in [-0.39, 0.29) is 24.2 Å². The Morgan fingerprint density at radius 1 is 1.28 bits per heavy atom. The van der Waals surface area contributed by atoms with Gasteiger partial charge in [0.15, 0.2) is 0 Å². The molecule has 0 spiro atoms. The van der Waals surface area contributed by atoms with Gasteiger partial charge >= 0.3 is 11.9 Å². The average Bonchev–Trinajstić information content (AvgIpc) is 2.68. The van der Waals surface area contributed by atoms with Crippen LogP contribution in [0.1, 0.15) is 23.6 Å². The van der Waals surface area contributed by atoms with Crippen LogP contribution in [0.2, 0.25) is 0 Å². The number of rotatable bonds is 4. The number of nitrogens with one attached hydrogen (secondary N) is 1. The molecule has 150 valence electrons. The molecule has 7 nitrogen and oxygen atoms in total. The van der Waals surface area contributed by atoms with Crippen molar-refractivity contribution < 1.29 is 18.0 Å². The molecule has 0 atom stereocenters. The molecule has 0 saturated carbocycles. The van der Waals surface area contributed by atoms with Crippen LogP contribution in [0.25, 0.3) is 0 Å². The van der Waals surface area contributed by atoms with Gasteiger partial charge in [-0.05, 0) is 25.1 Å². The molecule has 1 aromatic heterocycles. The summed E-state index contributed by atoms with van der Waals surface area (Å²) in [5.74, 6) is 4.28. The van der Waals surface area contributed by atoms with Crippen LogP contribution in [0.5, 0.6) is 0 Å². The zero-order valence-electron chi connectivity index (χ0n) is 15.2. The van der Waals surface area contributed by atoms with Gasteiger partial charge in [0.2, 0.25) is 5.91 Å². The van der Waals surface area contributed by atoms with Crippen LogP contribution in [0.15, 0.2) is 40.1 Å². The van der Waals surface area contributed by atoms with E-state index in [0.717, 1.165) is 22.9 Å². The van der Waals surface area contributed by atoms with Crippen molar-refractivity contribution in [2.24, 2.45) is 0 Å². The summed E-state index contributed by atoms with van der Waals surface area (Å²) >= 11 is 0. The quantitative estimate of drug-likeness (QED) is 0.772. The number of nitriles is 1. The third-order valence-corrected chi connectivity index (χ3v) is 3.80. The number of benzene rings is 1. The molecule has 0 fully saturated rings. The first-order valence-corrected chi connectivity index (χ1v) is 8.34. The molecule has 1 aromatic carbocycles. The number of amides is 1. The van der Waals surface area contributed by atoms with E-state index >= 15 is 0 Å². The van der Waals surface area contributed by atoms with E-state index in [1.165, 1.54) is 12.1 Å². The second kappa shape index (κ2) is 8.93. The minimum atomic E-state index is -4.48. The zero-order valence-corrected chi connectivity index (χ0v) is 15.2. The summed E-state index contributed by atoms with van der Waals surface area (Å²) in [5.41, 5.74) is -2.60. The Morgan fingerprint density at radius 3 is 2.62 bits per heavy atom. The molecule has 2 aromatic rings. The van der Waals surface area contributed by atoms with Crippen LogP contribution >= 0.6 is 0 Å². The molecule has 1 amide bonds. The fraction of sp³-hybridized carbons (Fsp3) is 0.263. The zero-order chi connectivity index (χ0) is 21.6. The normalized spacial score (nSPS) is 10.6. The van der Waals surface area contributed by atoms with Gasteiger partial charge in [-0.2, -0.15) is 18.4 Å². The number of hydrogen-bond donors (Lipinski definition) is 1. The lowest BCUT2D eigenvalue weighted by molar-refractivity contribution is -0.137. The predicted octanol–water partition coefficient (Wildman–Crippen LogP) is 1.09. The van der Waals surface area contributed by atoms with Crippen molar-refractivity contribution in [1.82, 2.24) is 14.5 Å². The first kappa shape index (κ1) is 21.5. The highest BCUT2D eigenvalue weighted by Crippen LogP contribution is 2.29. The van der Waals surface area contributed by atoms with E-state index in [2.05, 4.69) is 17.2 Å². The molecule has 2 rings (SSSR count). The Bertz CT molecular complexity index is 1140. The monoisotopic (exact) mass is 404 g/mol. The number of alkyl halides is 3. The average molecular weight is 404 g/mol. The van der Waals surface area contributed by atoms with Gasteiger partial charge in [-0.15, -0.1) is 0 Å². The number of aryl methyl sites for hydroxylation is 1. The first-order valence-electron chi connectivity index (χ1n) is 8.34. The van der Waals surface area contributed by atoms with Gasteiger partial charge in [0.05, 0.1) is 12.1 Å². The highest BCUT2D eigenvalue weighted by Gasteiger charge is 2.30. The van der Waals surface area contributed by atoms with Crippen LogP contribution in [0.3, 0.4) is 0 Å². The van der Waals surface area contributed by atoms with Gasteiger partial charge in [0.1, 0.15) is 18.2 Å². The lowest BCUT2D eigenvalue weighted by Crippen LogP contribution is -2.44. The van der Waals surface area contributed by atoms with Crippen molar-refractivity contribution >= 4 is 5.91 Å². The third kappa shape index (κ3) is 5.36. The van der Waals surface area contributed by atoms with Crippen molar-refractivity contribution in [3.63, 3.8) is 0 Å². The smallest absolute Gasteiger partial charge is 0.344 e. The fourth-order valence-electron chi connectivity index (χ4n) is 2.36. The van der Waals surface area contributed by atoms with Crippen molar-refractivity contribution in [1.29, 1.82) is 5.26 Å². The summed E-state index contributed by atoms with van der Waals surface area (Å²) in [4.78, 5) is 36.2. The van der Waals surface area contributed by atoms with Gasteiger partial charge < -0.3 is 5.32 Å². The largest absolute Gasteiger partial charge is 0.416 e. The Balaban J connectivity index is 2.08. The standard InChI is InChI=1S/C19H15F3N4O3/c1-2-25-11-14(10-23)17(28)26(18(25)29)12-16(27)24-8-4-6-13-5-3-7-15(9-13)19(20,21)22/h3,5,7,9,11H,2,8,12H2,1H3,(H,24,27). The molecule has 0 aliphatic rings. The third-order valence-electron chi connectivity index (χ3n) is 3.80. The summed E-state index contributed by atoms with van der Waals surface area (Å²) in [6, 6.07) is 6.09. The minimum Gasteiger partial charge on any atom is -0.344 e. The van der Waals surface area contributed by atoms with E-state index in [0.29, 0.717) is 4.57 Å². The highest BCUT2D eigenvalue weighted by atomic mass is 19.4. The molecule has 10 heteroatoms. The van der Waals surface area contributed by atoms with E-state index < -0.39 is 35.4 Å². The van der Waals surface area contributed by atoms with Gasteiger partial charge in [0.25, 0.3) is 5.56 Å². The van der Waals surface area contributed by atoms with Gasteiger partial charge in [-0.3, -0.25) is 14.2 Å². The highest BCUT2D eigenvalue weighted by molar-refractivity contribution is 5.76. The van der Waals surface area contributed by atoms with E-state index in [1.54, 1.807) is 13.0 Å². The minimum absolute atomic E-state index is 0.123. The predicted molar refractivity (Wildman–Crippen MR) is 96.7 cm³/mol. The number of hydrogen-bond acceptors (Lipinski definition) is 4. The lowest BCUT2D eigenvalue weighted by Gasteiger charge is -2.09. The molecule has 0 aliphatic carbocycles. The van der Waals surface area contributed by atoms with Crippen molar-refractivity contribution in [2.75, 3.05) is 6.54 Å². The van der Waals surface area contributed by atoms with Crippen molar-refractivity contribution in [3.05, 3.63) is 68.0 Å². The number of aromatic nitrogens is 2. The van der Waals surface area contributed by atoms with Crippen molar-refractivity contribution in [2.45, 2.75) is 26.2 Å². The Morgan fingerprint density at radius 2 is 2.00 bits per heavy atom. The maximum atomic E-state index is 12.7. The molecule has 0 aliphatic heterocycles. The fourth-order valence-corrected chi connectivity index (χ4v) is 2.36. The molecule has 0 bridgehead atoms. The second-order valence-electron chi connectivity index (χ2n) is 5.77. The second-order valence-corrected chi connectivity index (χ2v) is 5.77. The van der Waals surface area contributed by atoms with E-state index in [9.17, 15) is 27.6 Å². The SMILES string of the molecule is CCn1cc(C#N)c(=O)n(CC(=O)NCC#Cc2cccc(C(F)(F)F)c2)c1=O. The molecule has 1 N–H and O–H groups in total. The maximum absolute atomic E-state index is 12.7. The van der Waals surface area contributed by atoms with Crippen LogP contribution in [-0.2, 0) is 24.1 Å². The summed E-state index contributed by atoms with van der Waals surface area (Å²) in [6.07, 6.45) is -3.36. The summed E-state index contributed by atoms with van der Waals surface area (Å²) in [6.45, 7) is 1.03. The number of halogens is 3. The van der Waals surface area contributed by atoms with Crippen LogP contribution < -0.4 is 16.6 Å². The molecular formula is C19H15F3N4O3. The molecule has 0 radical (unpaired) electrons. The number of carbonyl (C=O) groups is 1. The van der Waals surface area contributed by atoms with Gasteiger partial charge in [0, 0.05) is 18.3 Å². The summed E-state index contributed by atoms with van der Waals surface area (Å²) in [5, 5.41) is 11.3. The molecule has 29 heavy (non-hydrogen) atoms. The number of nitrogens with zero attached hydrogens (tertiary/aromatic N) is 3. The van der Waals surface area contributed by atoms with Crippen molar-refractivity contribution in [3.8, 4) is 17.9 Å². The topological polar surface area (TPSA) is 96.9 Å². The lowest BCUT2D eigenvalue weighted by atomic mass is 10.1. The Hall–Kier alpha value is -3.79. The maximum Gasteiger partial charge on any atom is 0.416 e. The van der Waals surface area contributed by atoms with Crippen LogP contribution in [-0.4, -0.2) is 21.6 Å². The summed E-state index contributed by atoms with van der Waals surface area (Å²) < 4.78 is 39.7. The first-order chi connectivity index (χ1) is 13.7. The van der Waals surface area contributed by atoms with E-state index in [4.69, 9.17) is 5.26 Å². The molecule has 1 heterocycles. The van der Waals surface area contributed by atoms with Gasteiger partial charge in [-0.1, -0.05) is 17.9 Å². The van der Waals surface area contributed by atoms with Crippen LogP contribution in [0.4, 0.5) is 13.2 Å². The van der Waals surface area contributed by atoms with E-state index in [1.807, 2.05) is 0 Å². The molecule has 0 saturated heterocycles. The van der Waals surface area contributed by atoms with Gasteiger partial charge in [-0.25, -0.2) is 9.36 Å². The number of carbonyl (C=O) groups excluding carboxylic acids is 1. The van der Waals surface area contributed by atoms with Crippen LogP contribution in [0, 0.1) is 23.2 Å². The summed E-state index contributed by atoms with van der Waals surface area (Å²) in [7, 11) is 0. The molecular weight excluding hydrogens is 389 g/mol. The Labute approximate surface area is 163 Å². The Kier molecular flexibility index (Phi) is 6.63. The molecule has 0 unspecified atom stereocenters.